The van der Waals surface area contributed by atoms with Gasteiger partial charge >= 0.3 is 6.03 Å². The van der Waals surface area contributed by atoms with E-state index in [1.165, 1.54) is 0 Å². The molecule has 0 radical (unpaired) electrons. The van der Waals surface area contributed by atoms with E-state index in [1.807, 2.05) is 26.0 Å². The fraction of sp³-hybridized carbons (Fsp3) is 0.444. The number of nitrogens with one attached hydrogen (secondary N) is 2. The van der Waals surface area contributed by atoms with Crippen LogP contribution in [0.1, 0.15) is 29.3 Å². The van der Waals surface area contributed by atoms with E-state index >= 15 is 0 Å². The number of benzene rings is 1. The van der Waals surface area contributed by atoms with Crippen LogP contribution in [0.5, 0.6) is 0 Å². The first kappa shape index (κ1) is 21.3. The molecule has 1 aromatic carbocycles. The van der Waals surface area contributed by atoms with Crippen LogP contribution in [0.2, 0.25) is 0 Å². The van der Waals surface area contributed by atoms with Crippen LogP contribution in [0, 0.1) is 13.8 Å². The number of thioether (sulfide) groups is 1. The molecule has 9 nitrogen and oxygen atoms in total. The van der Waals surface area contributed by atoms with Crippen LogP contribution >= 0.6 is 11.8 Å². The summed E-state index contributed by atoms with van der Waals surface area (Å²) < 4.78 is 25.0. The molecule has 0 spiro atoms. The van der Waals surface area contributed by atoms with Gasteiger partial charge in [-0.05, 0) is 37.5 Å². The molecule has 2 aromatic rings. The van der Waals surface area contributed by atoms with Gasteiger partial charge in [-0.15, -0.1) is 10.2 Å². The maximum atomic E-state index is 12.1. The third-order valence-corrected chi connectivity index (χ3v) is 7.69. The lowest BCUT2D eigenvalue weighted by molar-refractivity contribution is -0.117. The average molecular weight is 438 g/mol. The number of sulfone groups is 1. The zero-order valence-corrected chi connectivity index (χ0v) is 18.1. The molecule has 1 aromatic heterocycles. The second kappa shape index (κ2) is 8.54. The van der Waals surface area contributed by atoms with Gasteiger partial charge in [0.2, 0.25) is 5.91 Å². The van der Waals surface area contributed by atoms with E-state index in [-0.39, 0.29) is 23.2 Å². The van der Waals surface area contributed by atoms with Gasteiger partial charge in [0.15, 0.2) is 15.0 Å². The van der Waals surface area contributed by atoms with Gasteiger partial charge in [-0.1, -0.05) is 23.9 Å². The summed E-state index contributed by atoms with van der Waals surface area (Å²) >= 11 is 1.14. The molecule has 11 heteroatoms. The quantitative estimate of drug-likeness (QED) is 0.683. The molecule has 0 bridgehead atoms. The Kier molecular flexibility index (Phi) is 6.27. The molecule has 3 amide bonds. The Morgan fingerprint density at radius 3 is 2.72 bits per heavy atom. The lowest BCUT2D eigenvalue weighted by Gasteiger charge is -2.11. The van der Waals surface area contributed by atoms with E-state index in [2.05, 4.69) is 20.8 Å². The van der Waals surface area contributed by atoms with Crippen LogP contribution in [-0.2, 0) is 21.7 Å². The van der Waals surface area contributed by atoms with Crippen molar-refractivity contribution >= 4 is 39.2 Å². The Labute approximate surface area is 173 Å². The fourth-order valence-corrected chi connectivity index (χ4v) is 5.60. The number of rotatable bonds is 5. The number of carbonyl (C=O) groups is 2. The minimum Gasteiger partial charge on any atom is -0.309 e. The smallest absolute Gasteiger partial charge is 0.309 e. The topological polar surface area (TPSA) is 123 Å². The number of imide groups is 1. The number of aryl methyl sites for hydroxylation is 1. The van der Waals surface area contributed by atoms with Crippen LogP contribution in [0.15, 0.2) is 23.4 Å². The van der Waals surface area contributed by atoms with Gasteiger partial charge in [0, 0.05) is 18.7 Å². The third-order valence-electron chi connectivity index (χ3n) is 4.90. The fourth-order valence-electron chi connectivity index (χ4n) is 3.14. The summed E-state index contributed by atoms with van der Waals surface area (Å²) in [7, 11) is -1.27. The minimum atomic E-state index is -3.02. The normalized spacial score (nSPS) is 17.8. The maximum Gasteiger partial charge on any atom is 0.325 e. The molecule has 1 aliphatic heterocycles. The number of amides is 3. The predicted molar refractivity (Wildman–Crippen MR) is 111 cm³/mol. The SMILES string of the molecule is Cc1cccc(NC(=O)NC(=O)CSc2nnc(C3CCS(=O)(=O)C3)n2C)c1C. The zero-order valence-electron chi connectivity index (χ0n) is 16.4. The molecule has 3 rings (SSSR count). The van der Waals surface area contributed by atoms with E-state index in [9.17, 15) is 18.0 Å². The first-order valence-electron chi connectivity index (χ1n) is 9.06. The van der Waals surface area contributed by atoms with Gasteiger partial charge in [0.05, 0.1) is 17.3 Å². The molecular weight excluding hydrogens is 414 g/mol. The zero-order chi connectivity index (χ0) is 21.2. The van der Waals surface area contributed by atoms with Crippen LogP contribution in [0.3, 0.4) is 0 Å². The Hall–Kier alpha value is -2.40. The Bertz CT molecular complexity index is 1050. The summed E-state index contributed by atoms with van der Waals surface area (Å²) in [6.07, 6.45) is 0.526. The number of carbonyl (C=O) groups excluding carboxylic acids is 2. The summed E-state index contributed by atoms with van der Waals surface area (Å²) in [6.45, 7) is 3.83. The molecule has 2 N–H and O–H groups in total. The summed E-state index contributed by atoms with van der Waals surface area (Å²) in [5.41, 5.74) is 2.62. The van der Waals surface area contributed by atoms with Crippen LogP contribution in [0.4, 0.5) is 10.5 Å². The van der Waals surface area contributed by atoms with Crippen molar-refractivity contribution in [3.05, 3.63) is 35.2 Å². The molecule has 0 saturated carbocycles. The highest BCUT2D eigenvalue weighted by atomic mass is 32.2. The van der Waals surface area contributed by atoms with Gasteiger partial charge in [0.1, 0.15) is 5.82 Å². The lowest BCUT2D eigenvalue weighted by Crippen LogP contribution is -2.35. The third kappa shape index (κ3) is 5.15. The number of nitrogens with zero attached hydrogens (tertiary/aromatic N) is 3. The summed E-state index contributed by atoms with van der Waals surface area (Å²) in [5, 5.41) is 13.6. The lowest BCUT2D eigenvalue weighted by atomic mass is 10.1. The second-order valence-corrected chi connectivity index (χ2v) is 10.2. The first-order valence-corrected chi connectivity index (χ1v) is 11.9. The molecule has 1 atom stereocenters. The van der Waals surface area contributed by atoms with Gasteiger partial charge in [0.25, 0.3) is 0 Å². The molecule has 1 saturated heterocycles. The first-order chi connectivity index (χ1) is 13.7. The van der Waals surface area contributed by atoms with Crippen molar-refractivity contribution in [1.82, 2.24) is 20.1 Å². The van der Waals surface area contributed by atoms with Gasteiger partial charge in [-0.3, -0.25) is 10.1 Å². The van der Waals surface area contributed by atoms with Crippen molar-refractivity contribution in [2.45, 2.75) is 31.3 Å². The number of hydrogen-bond acceptors (Lipinski definition) is 7. The number of aromatic nitrogens is 3. The molecule has 1 fully saturated rings. The van der Waals surface area contributed by atoms with Crippen molar-refractivity contribution in [2.75, 3.05) is 22.6 Å². The monoisotopic (exact) mass is 437 g/mol. The predicted octanol–water partition coefficient (Wildman–Crippen LogP) is 1.77. The number of hydrogen-bond donors (Lipinski definition) is 2. The van der Waals surface area contributed by atoms with Crippen LogP contribution in [-0.4, -0.2) is 52.4 Å². The van der Waals surface area contributed by atoms with E-state index in [0.717, 1.165) is 22.9 Å². The van der Waals surface area contributed by atoms with E-state index in [1.54, 1.807) is 17.7 Å². The molecule has 1 aliphatic rings. The number of anilines is 1. The molecule has 1 unspecified atom stereocenters. The highest BCUT2D eigenvalue weighted by Crippen LogP contribution is 2.29. The van der Waals surface area contributed by atoms with Crippen LogP contribution in [0.25, 0.3) is 0 Å². The van der Waals surface area contributed by atoms with E-state index < -0.39 is 21.8 Å². The Morgan fingerprint density at radius 2 is 2.03 bits per heavy atom. The van der Waals surface area contributed by atoms with Crippen molar-refractivity contribution < 1.29 is 18.0 Å². The molecule has 0 aliphatic carbocycles. The number of urea groups is 1. The molecule has 156 valence electrons. The van der Waals surface area contributed by atoms with E-state index in [0.29, 0.717) is 23.1 Å². The Morgan fingerprint density at radius 1 is 1.28 bits per heavy atom. The molecule has 29 heavy (non-hydrogen) atoms. The van der Waals surface area contributed by atoms with Crippen LogP contribution < -0.4 is 10.6 Å². The van der Waals surface area contributed by atoms with Gasteiger partial charge in [-0.2, -0.15) is 0 Å². The average Bonchev–Trinajstić information content (AvgIpc) is 3.19. The Balaban J connectivity index is 1.53. The van der Waals surface area contributed by atoms with Gasteiger partial charge in [-0.25, -0.2) is 13.2 Å². The summed E-state index contributed by atoms with van der Waals surface area (Å²) in [5.74, 6) is 0.166. The highest BCUT2D eigenvalue weighted by Gasteiger charge is 2.32. The summed E-state index contributed by atoms with van der Waals surface area (Å²) in [6, 6.07) is 4.94. The van der Waals surface area contributed by atoms with Crippen molar-refractivity contribution in [1.29, 1.82) is 0 Å². The molecule has 2 heterocycles. The van der Waals surface area contributed by atoms with E-state index in [4.69, 9.17) is 0 Å². The maximum absolute atomic E-state index is 12.1. The standard InChI is InChI=1S/C18H23N5O4S2/c1-11-5-4-6-14(12(11)2)19-17(25)20-15(24)9-28-18-22-21-16(23(18)3)13-7-8-29(26,27)10-13/h4-6,13H,7-10H2,1-3H3,(H2,19,20,24,25). The largest absolute Gasteiger partial charge is 0.325 e. The van der Waals surface area contributed by atoms with Crippen molar-refractivity contribution in [2.24, 2.45) is 7.05 Å². The minimum absolute atomic E-state index is 0.0187. The van der Waals surface area contributed by atoms with Gasteiger partial charge < -0.3 is 9.88 Å². The molecular formula is C18H23N5O4S2. The van der Waals surface area contributed by atoms with Crippen molar-refractivity contribution in [3.63, 3.8) is 0 Å². The second-order valence-electron chi connectivity index (χ2n) is 7.04. The summed E-state index contributed by atoms with van der Waals surface area (Å²) in [4.78, 5) is 24.2. The van der Waals surface area contributed by atoms with Crippen molar-refractivity contribution in [3.8, 4) is 0 Å². The highest BCUT2D eigenvalue weighted by molar-refractivity contribution is 7.99.